The number of benzene rings is 1. The molecule has 2 rings (SSSR count). The molecule has 0 radical (unpaired) electrons. The Hall–Kier alpha value is -0.840. The van der Waals surface area contributed by atoms with Crippen molar-refractivity contribution in [3.8, 4) is 0 Å². The number of anilines is 1. The van der Waals surface area contributed by atoms with Crippen LogP contribution in [-0.2, 0) is 6.18 Å². The highest BCUT2D eigenvalue weighted by atomic mass is 32.2. The van der Waals surface area contributed by atoms with Gasteiger partial charge < -0.3 is 5.32 Å². The minimum absolute atomic E-state index is 0.306. The SMILES string of the molecule is C[C@@H]1CNc2ccc(C(F)(F)F)cc2S1. The number of alkyl halides is 3. The van der Waals surface area contributed by atoms with E-state index in [1.165, 1.54) is 23.9 Å². The van der Waals surface area contributed by atoms with Crippen LogP contribution in [0.1, 0.15) is 12.5 Å². The van der Waals surface area contributed by atoms with E-state index < -0.39 is 11.7 Å². The van der Waals surface area contributed by atoms with E-state index in [2.05, 4.69) is 5.32 Å². The summed E-state index contributed by atoms with van der Waals surface area (Å²) >= 11 is 1.48. The highest BCUT2D eigenvalue weighted by Crippen LogP contribution is 2.39. The Morgan fingerprint density at radius 1 is 1.40 bits per heavy atom. The molecular formula is C10H10F3NS. The van der Waals surface area contributed by atoms with Gasteiger partial charge >= 0.3 is 6.18 Å². The van der Waals surface area contributed by atoms with Crippen molar-refractivity contribution >= 4 is 17.4 Å². The molecule has 1 aliphatic rings. The molecule has 0 amide bonds. The predicted molar refractivity (Wildman–Crippen MR) is 55.3 cm³/mol. The Morgan fingerprint density at radius 2 is 2.13 bits per heavy atom. The molecule has 0 saturated carbocycles. The molecule has 1 aliphatic heterocycles. The zero-order chi connectivity index (χ0) is 11.1. The summed E-state index contributed by atoms with van der Waals surface area (Å²) in [5.74, 6) is 0. The van der Waals surface area contributed by atoms with E-state index in [4.69, 9.17) is 0 Å². The van der Waals surface area contributed by atoms with Crippen LogP contribution in [0.25, 0.3) is 0 Å². The number of hydrogen-bond donors (Lipinski definition) is 1. The minimum atomic E-state index is -4.25. The largest absolute Gasteiger partial charge is 0.416 e. The summed E-state index contributed by atoms with van der Waals surface area (Å²) in [7, 11) is 0. The van der Waals surface area contributed by atoms with Gasteiger partial charge in [0, 0.05) is 22.4 Å². The Labute approximate surface area is 90.1 Å². The van der Waals surface area contributed by atoms with Gasteiger partial charge in [-0.2, -0.15) is 13.2 Å². The summed E-state index contributed by atoms with van der Waals surface area (Å²) in [4.78, 5) is 0.684. The Morgan fingerprint density at radius 3 is 2.80 bits per heavy atom. The lowest BCUT2D eigenvalue weighted by Crippen LogP contribution is -2.18. The molecule has 82 valence electrons. The van der Waals surface area contributed by atoms with E-state index in [9.17, 15) is 13.2 Å². The molecule has 5 heteroatoms. The summed E-state index contributed by atoms with van der Waals surface area (Å²) in [6, 6.07) is 3.82. The van der Waals surface area contributed by atoms with Crippen LogP contribution in [0.4, 0.5) is 18.9 Å². The lowest BCUT2D eigenvalue weighted by molar-refractivity contribution is -0.137. The Bertz CT molecular complexity index is 375. The van der Waals surface area contributed by atoms with Gasteiger partial charge in [-0.25, -0.2) is 0 Å². The maximum absolute atomic E-state index is 12.4. The molecule has 1 heterocycles. The fourth-order valence-corrected chi connectivity index (χ4v) is 2.52. The second kappa shape index (κ2) is 3.63. The van der Waals surface area contributed by atoms with Crippen LogP contribution < -0.4 is 5.32 Å². The number of hydrogen-bond acceptors (Lipinski definition) is 2. The van der Waals surface area contributed by atoms with Gasteiger partial charge in [0.15, 0.2) is 0 Å². The fraction of sp³-hybridized carbons (Fsp3) is 0.400. The summed E-state index contributed by atoms with van der Waals surface area (Å²) < 4.78 is 37.3. The molecule has 1 N–H and O–H groups in total. The number of nitrogens with one attached hydrogen (secondary N) is 1. The molecule has 0 bridgehead atoms. The smallest absolute Gasteiger partial charge is 0.383 e. The number of halogens is 3. The van der Waals surface area contributed by atoms with Crippen LogP contribution in [-0.4, -0.2) is 11.8 Å². The van der Waals surface area contributed by atoms with E-state index in [-0.39, 0.29) is 0 Å². The third-order valence-corrected chi connectivity index (χ3v) is 3.38. The van der Waals surface area contributed by atoms with Crippen molar-refractivity contribution in [1.29, 1.82) is 0 Å². The highest BCUT2D eigenvalue weighted by Gasteiger charge is 2.31. The van der Waals surface area contributed by atoms with Gasteiger partial charge in [0.1, 0.15) is 0 Å². The zero-order valence-electron chi connectivity index (χ0n) is 8.06. The van der Waals surface area contributed by atoms with Crippen molar-refractivity contribution in [2.75, 3.05) is 11.9 Å². The molecule has 0 fully saturated rings. The van der Waals surface area contributed by atoms with Crippen molar-refractivity contribution < 1.29 is 13.2 Å². The first-order chi connectivity index (χ1) is 6.97. The van der Waals surface area contributed by atoms with E-state index >= 15 is 0 Å². The normalized spacial score (nSPS) is 20.7. The monoisotopic (exact) mass is 233 g/mol. The topological polar surface area (TPSA) is 12.0 Å². The summed E-state index contributed by atoms with van der Waals surface area (Å²) in [5, 5.41) is 3.41. The van der Waals surface area contributed by atoms with Crippen LogP contribution >= 0.6 is 11.8 Å². The van der Waals surface area contributed by atoms with Crippen molar-refractivity contribution in [2.24, 2.45) is 0 Å². The third kappa shape index (κ3) is 2.22. The molecule has 15 heavy (non-hydrogen) atoms. The molecule has 0 unspecified atom stereocenters. The van der Waals surface area contributed by atoms with Gasteiger partial charge in [0.25, 0.3) is 0 Å². The molecule has 0 aromatic heterocycles. The molecular weight excluding hydrogens is 223 g/mol. The van der Waals surface area contributed by atoms with Gasteiger partial charge in [-0.1, -0.05) is 6.92 Å². The predicted octanol–water partition coefficient (Wildman–Crippen LogP) is 3.61. The van der Waals surface area contributed by atoms with Crippen molar-refractivity contribution in [1.82, 2.24) is 0 Å². The van der Waals surface area contributed by atoms with Gasteiger partial charge in [0.2, 0.25) is 0 Å². The van der Waals surface area contributed by atoms with Gasteiger partial charge in [-0.3, -0.25) is 0 Å². The summed E-state index contributed by atoms with van der Waals surface area (Å²) in [6.07, 6.45) is -4.25. The highest BCUT2D eigenvalue weighted by molar-refractivity contribution is 8.00. The van der Waals surface area contributed by atoms with Crippen molar-refractivity contribution in [3.63, 3.8) is 0 Å². The number of fused-ring (bicyclic) bond motifs is 1. The Balaban J connectivity index is 2.37. The first-order valence-corrected chi connectivity index (χ1v) is 5.46. The van der Waals surface area contributed by atoms with Crippen molar-refractivity contribution in [3.05, 3.63) is 23.8 Å². The lowest BCUT2D eigenvalue weighted by atomic mass is 10.2. The first kappa shape index (κ1) is 10.7. The van der Waals surface area contributed by atoms with Crippen LogP contribution in [0.5, 0.6) is 0 Å². The standard InChI is InChI=1S/C10H10F3NS/c1-6-5-14-8-3-2-7(10(11,12)13)4-9(8)15-6/h2-4,6,14H,5H2,1H3/t6-/m1/s1. The van der Waals surface area contributed by atoms with Gasteiger partial charge in [-0.15, -0.1) is 11.8 Å². The number of thioether (sulfide) groups is 1. The molecule has 1 aromatic rings. The van der Waals surface area contributed by atoms with E-state index in [0.29, 0.717) is 10.1 Å². The molecule has 1 atom stereocenters. The van der Waals surface area contributed by atoms with Crippen molar-refractivity contribution in [2.45, 2.75) is 23.2 Å². The van der Waals surface area contributed by atoms with Gasteiger partial charge in [-0.05, 0) is 18.2 Å². The minimum Gasteiger partial charge on any atom is -0.383 e. The second-order valence-electron chi connectivity index (χ2n) is 3.52. The maximum Gasteiger partial charge on any atom is 0.416 e. The van der Waals surface area contributed by atoms with Crippen LogP contribution in [0, 0.1) is 0 Å². The fourth-order valence-electron chi connectivity index (χ4n) is 1.45. The summed E-state index contributed by atoms with van der Waals surface area (Å²) in [6.45, 7) is 2.78. The molecule has 0 spiro atoms. The zero-order valence-corrected chi connectivity index (χ0v) is 8.88. The second-order valence-corrected chi connectivity index (χ2v) is 5.00. The van der Waals surface area contributed by atoms with Crippen LogP contribution in [0.15, 0.2) is 23.1 Å². The first-order valence-electron chi connectivity index (χ1n) is 4.58. The van der Waals surface area contributed by atoms with Gasteiger partial charge in [0.05, 0.1) is 5.56 Å². The van der Waals surface area contributed by atoms with Crippen LogP contribution in [0.2, 0.25) is 0 Å². The van der Waals surface area contributed by atoms with E-state index in [1.807, 2.05) is 6.92 Å². The third-order valence-electron chi connectivity index (χ3n) is 2.22. The average Bonchev–Trinajstić information content (AvgIpc) is 2.15. The summed E-state index contributed by atoms with van der Waals surface area (Å²) in [5.41, 5.74) is 0.218. The molecule has 1 nitrogen and oxygen atoms in total. The lowest BCUT2D eigenvalue weighted by Gasteiger charge is -2.23. The molecule has 0 saturated heterocycles. The van der Waals surface area contributed by atoms with Crippen LogP contribution in [0.3, 0.4) is 0 Å². The molecule has 1 aromatic carbocycles. The maximum atomic E-state index is 12.4. The molecule has 0 aliphatic carbocycles. The average molecular weight is 233 g/mol. The number of rotatable bonds is 0. The van der Waals surface area contributed by atoms with E-state index in [1.54, 1.807) is 0 Å². The Kier molecular flexibility index (Phi) is 2.58. The quantitative estimate of drug-likeness (QED) is 0.734. The van der Waals surface area contributed by atoms with E-state index in [0.717, 1.165) is 18.3 Å².